The van der Waals surface area contributed by atoms with Gasteiger partial charge in [-0.2, -0.15) is 0 Å². The Morgan fingerprint density at radius 2 is 1.93 bits per heavy atom. The highest BCUT2D eigenvalue weighted by Crippen LogP contribution is 2.23. The molecule has 1 aliphatic rings. The van der Waals surface area contributed by atoms with Gasteiger partial charge in [-0.3, -0.25) is 0 Å². The van der Waals surface area contributed by atoms with Crippen LogP contribution in [0.3, 0.4) is 0 Å². The largest absolute Gasteiger partial charge is 0.391 e. The number of benzene rings is 1. The Morgan fingerprint density at radius 1 is 1.27 bits per heavy atom. The first-order chi connectivity index (χ1) is 7.16. The van der Waals surface area contributed by atoms with Crippen LogP contribution in [-0.2, 0) is 0 Å². The Morgan fingerprint density at radius 3 is 2.40 bits per heavy atom. The summed E-state index contributed by atoms with van der Waals surface area (Å²) in [6, 6.07) is 8.69. The number of β-amino-alcohol motifs (C(OH)–C–C–N with tert-alkyl or cyclic N) is 1. The molecular formula is C13H19NO. The van der Waals surface area contributed by atoms with Crippen LogP contribution in [0.4, 0.5) is 5.69 Å². The fraction of sp³-hybridized carbons (Fsp3) is 0.538. The van der Waals surface area contributed by atoms with Crippen molar-refractivity contribution >= 4 is 5.69 Å². The number of hydrogen-bond acceptors (Lipinski definition) is 2. The van der Waals surface area contributed by atoms with Gasteiger partial charge >= 0.3 is 0 Å². The predicted octanol–water partition coefficient (Wildman–Crippen LogP) is 2.38. The van der Waals surface area contributed by atoms with Crippen molar-refractivity contribution in [1.29, 1.82) is 0 Å². The molecule has 2 heteroatoms. The lowest BCUT2D eigenvalue weighted by atomic mass is 10.0. The van der Waals surface area contributed by atoms with Crippen LogP contribution in [0.1, 0.15) is 31.7 Å². The van der Waals surface area contributed by atoms with Crippen molar-refractivity contribution in [3.63, 3.8) is 0 Å². The summed E-state index contributed by atoms with van der Waals surface area (Å²) in [6.45, 7) is 6.16. The predicted molar refractivity (Wildman–Crippen MR) is 63.4 cm³/mol. The normalized spacial score (nSPS) is 21.3. The lowest BCUT2D eigenvalue weighted by Crippen LogP contribution is -2.20. The number of aliphatic hydroxyl groups excluding tert-OH is 1. The molecule has 1 fully saturated rings. The number of rotatable bonds is 2. The smallest absolute Gasteiger partial charge is 0.0731 e. The quantitative estimate of drug-likeness (QED) is 0.801. The third kappa shape index (κ3) is 2.32. The van der Waals surface area contributed by atoms with E-state index in [2.05, 4.69) is 43.0 Å². The fourth-order valence-electron chi connectivity index (χ4n) is 2.05. The van der Waals surface area contributed by atoms with E-state index in [9.17, 15) is 5.11 Å². The highest BCUT2D eigenvalue weighted by Gasteiger charge is 2.20. The number of hydrogen-bond donors (Lipinski definition) is 1. The van der Waals surface area contributed by atoms with Gasteiger partial charge in [-0.25, -0.2) is 0 Å². The molecule has 0 bridgehead atoms. The Balaban J connectivity index is 2.10. The van der Waals surface area contributed by atoms with Crippen molar-refractivity contribution in [1.82, 2.24) is 0 Å². The molecule has 1 aliphatic heterocycles. The zero-order valence-corrected chi connectivity index (χ0v) is 9.48. The molecule has 1 aromatic carbocycles. The molecule has 0 amide bonds. The molecule has 1 saturated heterocycles. The summed E-state index contributed by atoms with van der Waals surface area (Å²) in [5.74, 6) is 0.586. The van der Waals surface area contributed by atoms with Crippen LogP contribution in [0.2, 0.25) is 0 Å². The first kappa shape index (κ1) is 10.5. The first-order valence-corrected chi connectivity index (χ1v) is 5.70. The Kier molecular flexibility index (Phi) is 2.96. The van der Waals surface area contributed by atoms with Crippen LogP contribution in [0.25, 0.3) is 0 Å². The molecule has 2 nitrogen and oxygen atoms in total. The number of nitrogens with zero attached hydrogens (tertiary/aromatic N) is 1. The Bertz CT molecular complexity index is 318. The van der Waals surface area contributed by atoms with Crippen molar-refractivity contribution < 1.29 is 5.11 Å². The summed E-state index contributed by atoms with van der Waals surface area (Å²) in [7, 11) is 0. The molecule has 1 N–H and O–H groups in total. The molecule has 0 aromatic heterocycles. The minimum absolute atomic E-state index is 0.144. The van der Waals surface area contributed by atoms with Crippen LogP contribution in [0, 0.1) is 0 Å². The molecule has 2 rings (SSSR count). The van der Waals surface area contributed by atoms with Crippen molar-refractivity contribution in [3.8, 4) is 0 Å². The fourth-order valence-corrected chi connectivity index (χ4v) is 2.05. The summed E-state index contributed by atoms with van der Waals surface area (Å²) in [5.41, 5.74) is 2.61. The molecular weight excluding hydrogens is 186 g/mol. The maximum absolute atomic E-state index is 9.46. The van der Waals surface area contributed by atoms with Crippen molar-refractivity contribution in [2.45, 2.75) is 32.3 Å². The van der Waals surface area contributed by atoms with Gasteiger partial charge in [0.25, 0.3) is 0 Å². The number of aliphatic hydroxyl groups is 1. The highest BCUT2D eigenvalue weighted by atomic mass is 16.3. The van der Waals surface area contributed by atoms with Gasteiger partial charge in [-0.05, 0) is 30.0 Å². The maximum atomic E-state index is 9.46. The summed E-state index contributed by atoms with van der Waals surface area (Å²) in [4.78, 5) is 2.24. The summed E-state index contributed by atoms with van der Waals surface area (Å²) in [5, 5.41) is 9.46. The molecule has 0 radical (unpaired) electrons. The third-order valence-corrected chi connectivity index (χ3v) is 3.09. The van der Waals surface area contributed by atoms with Crippen molar-refractivity contribution in [3.05, 3.63) is 29.8 Å². The van der Waals surface area contributed by atoms with Gasteiger partial charge in [-0.15, -0.1) is 0 Å². The summed E-state index contributed by atoms with van der Waals surface area (Å²) < 4.78 is 0. The van der Waals surface area contributed by atoms with Gasteiger partial charge in [-0.1, -0.05) is 26.0 Å². The molecule has 1 atom stereocenters. The third-order valence-electron chi connectivity index (χ3n) is 3.09. The van der Waals surface area contributed by atoms with Gasteiger partial charge in [0.15, 0.2) is 0 Å². The minimum atomic E-state index is -0.144. The van der Waals surface area contributed by atoms with Crippen molar-refractivity contribution in [2.24, 2.45) is 0 Å². The lowest BCUT2D eigenvalue weighted by Gasteiger charge is -2.18. The molecule has 1 aromatic rings. The van der Waals surface area contributed by atoms with E-state index >= 15 is 0 Å². The molecule has 0 spiro atoms. The molecule has 0 aliphatic carbocycles. The topological polar surface area (TPSA) is 23.5 Å². The van der Waals surface area contributed by atoms with E-state index < -0.39 is 0 Å². The molecule has 0 saturated carbocycles. The monoisotopic (exact) mass is 205 g/mol. The molecule has 82 valence electrons. The van der Waals surface area contributed by atoms with E-state index in [0.717, 1.165) is 19.5 Å². The van der Waals surface area contributed by atoms with Crippen LogP contribution >= 0.6 is 0 Å². The second-order valence-corrected chi connectivity index (χ2v) is 4.63. The molecule has 1 heterocycles. The molecule has 0 unspecified atom stereocenters. The number of anilines is 1. The van der Waals surface area contributed by atoms with Crippen LogP contribution in [0.5, 0.6) is 0 Å². The van der Waals surface area contributed by atoms with E-state index in [4.69, 9.17) is 0 Å². The van der Waals surface area contributed by atoms with E-state index in [1.54, 1.807) is 0 Å². The zero-order chi connectivity index (χ0) is 10.8. The van der Waals surface area contributed by atoms with Gasteiger partial charge in [0.2, 0.25) is 0 Å². The van der Waals surface area contributed by atoms with E-state index in [-0.39, 0.29) is 6.10 Å². The van der Waals surface area contributed by atoms with E-state index in [1.807, 2.05) is 0 Å². The van der Waals surface area contributed by atoms with E-state index in [0.29, 0.717) is 5.92 Å². The lowest BCUT2D eigenvalue weighted by molar-refractivity contribution is 0.198. The van der Waals surface area contributed by atoms with Gasteiger partial charge in [0.1, 0.15) is 0 Å². The Hall–Kier alpha value is -1.02. The van der Waals surface area contributed by atoms with Gasteiger partial charge in [0.05, 0.1) is 6.10 Å². The summed E-state index contributed by atoms with van der Waals surface area (Å²) >= 11 is 0. The maximum Gasteiger partial charge on any atom is 0.0731 e. The SMILES string of the molecule is CC(C)c1ccc(N2CC[C@H](O)C2)cc1. The van der Waals surface area contributed by atoms with Crippen molar-refractivity contribution in [2.75, 3.05) is 18.0 Å². The average Bonchev–Trinajstić information content (AvgIpc) is 2.65. The first-order valence-electron chi connectivity index (χ1n) is 5.70. The van der Waals surface area contributed by atoms with Gasteiger partial charge in [0, 0.05) is 18.8 Å². The second-order valence-electron chi connectivity index (χ2n) is 4.63. The van der Waals surface area contributed by atoms with Crippen LogP contribution in [0.15, 0.2) is 24.3 Å². The standard InChI is InChI=1S/C13H19NO/c1-10(2)11-3-5-12(6-4-11)14-8-7-13(15)9-14/h3-6,10,13,15H,7-9H2,1-2H3/t13-/m0/s1. The van der Waals surface area contributed by atoms with Gasteiger partial charge < -0.3 is 10.0 Å². The highest BCUT2D eigenvalue weighted by molar-refractivity contribution is 5.49. The molecule has 15 heavy (non-hydrogen) atoms. The second kappa shape index (κ2) is 4.23. The van der Waals surface area contributed by atoms with Crippen LogP contribution in [-0.4, -0.2) is 24.3 Å². The summed E-state index contributed by atoms with van der Waals surface area (Å²) in [6.07, 6.45) is 0.751. The van der Waals surface area contributed by atoms with Crippen LogP contribution < -0.4 is 4.90 Å². The van der Waals surface area contributed by atoms with E-state index in [1.165, 1.54) is 11.3 Å². The zero-order valence-electron chi connectivity index (χ0n) is 9.48. The Labute approximate surface area is 91.5 Å². The average molecular weight is 205 g/mol. The minimum Gasteiger partial charge on any atom is -0.391 e.